The van der Waals surface area contributed by atoms with Gasteiger partial charge in [0, 0.05) is 25.3 Å². The van der Waals surface area contributed by atoms with Crippen molar-refractivity contribution in [2.24, 2.45) is 5.73 Å². The number of hydrogen-bond donors (Lipinski definition) is 2. The molecule has 0 radical (unpaired) electrons. The van der Waals surface area contributed by atoms with Gasteiger partial charge in [0.15, 0.2) is 0 Å². The van der Waals surface area contributed by atoms with Gasteiger partial charge in [-0.25, -0.2) is 9.18 Å². The van der Waals surface area contributed by atoms with Crippen LogP contribution in [0.1, 0.15) is 29.6 Å². The van der Waals surface area contributed by atoms with Crippen molar-refractivity contribution in [2.75, 3.05) is 18.0 Å². The van der Waals surface area contributed by atoms with Crippen LogP contribution in [0, 0.1) is 5.82 Å². The van der Waals surface area contributed by atoms with Crippen molar-refractivity contribution in [2.45, 2.75) is 28.8 Å². The zero-order valence-corrected chi connectivity index (χ0v) is 16.6. The summed E-state index contributed by atoms with van der Waals surface area (Å²) in [4.78, 5) is 25.9. The number of aromatic carboxylic acids is 1. The molecule has 26 heavy (non-hydrogen) atoms. The number of rotatable bonds is 3. The van der Waals surface area contributed by atoms with Crippen LogP contribution in [0.4, 0.5) is 10.1 Å². The van der Waals surface area contributed by atoms with E-state index in [2.05, 4.69) is 22.6 Å². The van der Waals surface area contributed by atoms with Gasteiger partial charge in [-0.3, -0.25) is 4.79 Å². The summed E-state index contributed by atoms with van der Waals surface area (Å²) in [7, 11) is 0. The number of aromatic nitrogens is 1. The molecule has 2 aromatic rings. The average molecular weight is 492 g/mol. The quantitative estimate of drug-likeness (QED) is 0.509. The Hall–Kier alpha value is -1.39. The Morgan fingerprint density at radius 1 is 1.46 bits per heavy atom. The lowest BCUT2D eigenvalue weighted by Gasteiger charge is -2.24. The molecule has 1 unspecified atom stereocenters. The van der Waals surface area contributed by atoms with Gasteiger partial charge in [0.25, 0.3) is 0 Å². The van der Waals surface area contributed by atoms with E-state index < -0.39 is 17.2 Å². The number of fused-ring (bicyclic) bond motifs is 1. The molecule has 0 spiro atoms. The maximum Gasteiger partial charge on any atom is 0.341 e. The first-order valence-electron chi connectivity index (χ1n) is 8.23. The van der Waals surface area contributed by atoms with Crippen LogP contribution in [0.3, 0.4) is 0 Å². The summed E-state index contributed by atoms with van der Waals surface area (Å²) in [6.07, 6.45) is 3.70. The summed E-state index contributed by atoms with van der Waals surface area (Å²) >= 11 is 8.81. The molecule has 1 aromatic heterocycles. The van der Waals surface area contributed by atoms with E-state index in [4.69, 9.17) is 17.3 Å². The van der Waals surface area contributed by atoms with E-state index in [1.807, 2.05) is 0 Å². The van der Waals surface area contributed by atoms with E-state index in [1.165, 1.54) is 6.20 Å². The molecule has 4 rings (SSSR count). The van der Waals surface area contributed by atoms with Gasteiger partial charge in [0.2, 0.25) is 5.43 Å². The zero-order chi connectivity index (χ0) is 18.8. The van der Waals surface area contributed by atoms with Crippen molar-refractivity contribution in [3.63, 3.8) is 0 Å². The molecule has 6 nitrogen and oxygen atoms in total. The van der Waals surface area contributed by atoms with Gasteiger partial charge in [-0.1, -0.05) is 34.2 Å². The average Bonchev–Trinajstić information content (AvgIpc) is 3.17. The van der Waals surface area contributed by atoms with E-state index in [0.717, 1.165) is 25.3 Å². The van der Waals surface area contributed by atoms with E-state index in [-0.39, 0.29) is 31.2 Å². The largest absolute Gasteiger partial charge is 0.477 e. The predicted molar refractivity (Wildman–Crippen MR) is 106 cm³/mol. The second kappa shape index (κ2) is 6.07. The van der Waals surface area contributed by atoms with Crippen LogP contribution in [0.25, 0.3) is 10.9 Å². The monoisotopic (exact) mass is 491 g/mol. The molecule has 0 bridgehead atoms. The number of benzene rings is 1. The molecule has 1 saturated heterocycles. The number of halogens is 3. The third-order valence-electron chi connectivity index (χ3n) is 5.02. The maximum atomic E-state index is 14.9. The van der Waals surface area contributed by atoms with Gasteiger partial charge in [-0.15, -0.1) is 0 Å². The molecule has 9 heteroatoms. The maximum absolute atomic E-state index is 14.9. The second-order valence-electron chi connectivity index (χ2n) is 6.88. The van der Waals surface area contributed by atoms with Crippen molar-refractivity contribution < 1.29 is 14.3 Å². The van der Waals surface area contributed by atoms with Gasteiger partial charge in [0.05, 0.1) is 25.2 Å². The minimum atomic E-state index is -1.34. The summed E-state index contributed by atoms with van der Waals surface area (Å²) in [6, 6.07) is 1.05. The van der Waals surface area contributed by atoms with Crippen LogP contribution in [0.15, 0.2) is 17.1 Å². The molecule has 1 atom stereocenters. The minimum Gasteiger partial charge on any atom is -0.477 e. The Labute approximate surface area is 166 Å². The number of anilines is 1. The van der Waals surface area contributed by atoms with Crippen LogP contribution < -0.4 is 16.1 Å². The summed E-state index contributed by atoms with van der Waals surface area (Å²) < 4.78 is 16.2. The highest BCUT2D eigenvalue weighted by Gasteiger charge is 2.43. The molecular formula is C17H16ClFIN3O3. The fourth-order valence-corrected chi connectivity index (χ4v) is 4.55. The Balaban J connectivity index is 2.06. The fourth-order valence-electron chi connectivity index (χ4n) is 3.50. The molecule has 2 heterocycles. The smallest absolute Gasteiger partial charge is 0.341 e. The SMILES string of the molecule is NC1CCN(c2c(F)cc3c(=O)c(C(=O)O)cn(C4(I)CC4)c3c2Cl)C1. The lowest BCUT2D eigenvalue weighted by atomic mass is 10.1. The fraction of sp³-hybridized carbons (Fsp3) is 0.412. The molecule has 1 aliphatic carbocycles. The zero-order valence-electron chi connectivity index (χ0n) is 13.6. The number of hydrogen-bond acceptors (Lipinski definition) is 4. The van der Waals surface area contributed by atoms with Crippen molar-refractivity contribution in [3.8, 4) is 0 Å². The Bertz CT molecular complexity index is 1010. The topological polar surface area (TPSA) is 88.6 Å². The highest BCUT2D eigenvalue weighted by Crippen LogP contribution is 2.52. The molecule has 138 valence electrons. The third-order valence-corrected chi connectivity index (χ3v) is 6.98. The molecule has 1 aromatic carbocycles. The van der Waals surface area contributed by atoms with Gasteiger partial charge >= 0.3 is 5.97 Å². The van der Waals surface area contributed by atoms with Gasteiger partial charge in [0.1, 0.15) is 11.4 Å². The first kappa shape index (κ1) is 18.0. The molecule has 2 aliphatic rings. The predicted octanol–water partition coefficient (Wildman–Crippen LogP) is 2.91. The number of pyridine rings is 1. The van der Waals surface area contributed by atoms with E-state index in [9.17, 15) is 19.1 Å². The number of carbonyl (C=O) groups is 1. The second-order valence-corrected chi connectivity index (χ2v) is 9.26. The van der Waals surface area contributed by atoms with Crippen LogP contribution >= 0.6 is 34.2 Å². The number of carboxylic acids is 1. The summed E-state index contributed by atoms with van der Waals surface area (Å²) in [5.74, 6) is -1.97. The first-order valence-corrected chi connectivity index (χ1v) is 9.69. The Kier molecular flexibility index (Phi) is 4.20. The van der Waals surface area contributed by atoms with Crippen molar-refractivity contribution >= 4 is 56.8 Å². The molecule has 1 saturated carbocycles. The molecule has 2 fully saturated rings. The van der Waals surface area contributed by atoms with Crippen LogP contribution in [-0.2, 0) is 3.55 Å². The van der Waals surface area contributed by atoms with Crippen molar-refractivity contribution in [1.82, 2.24) is 4.57 Å². The molecule has 1 aliphatic heterocycles. The number of carboxylic acid groups (broad SMARTS) is 1. The van der Waals surface area contributed by atoms with Crippen LogP contribution in [0.2, 0.25) is 5.02 Å². The lowest BCUT2D eigenvalue weighted by Crippen LogP contribution is -2.28. The third kappa shape index (κ3) is 2.69. The summed E-state index contributed by atoms with van der Waals surface area (Å²) in [5.41, 5.74) is 5.43. The minimum absolute atomic E-state index is 0.0115. The van der Waals surface area contributed by atoms with Crippen molar-refractivity contribution in [1.29, 1.82) is 0 Å². The lowest BCUT2D eigenvalue weighted by molar-refractivity contribution is 0.0695. The Morgan fingerprint density at radius 2 is 2.15 bits per heavy atom. The van der Waals surface area contributed by atoms with Gasteiger partial charge < -0.3 is 20.3 Å². The highest BCUT2D eigenvalue weighted by molar-refractivity contribution is 14.1. The molecule has 3 N–H and O–H groups in total. The number of nitrogens with two attached hydrogens (primary N) is 1. The van der Waals surface area contributed by atoms with Crippen LogP contribution in [0.5, 0.6) is 0 Å². The normalized spacial score (nSPS) is 21.4. The van der Waals surface area contributed by atoms with Gasteiger partial charge in [-0.2, -0.15) is 0 Å². The molecular weight excluding hydrogens is 476 g/mol. The first-order chi connectivity index (χ1) is 12.2. The van der Waals surface area contributed by atoms with Crippen LogP contribution in [-0.4, -0.2) is 34.8 Å². The van der Waals surface area contributed by atoms with E-state index in [0.29, 0.717) is 18.6 Å². The highest BCUT2D eigenvalue weighted by atomic mass is 127. The Morgan fingerprint density at radius 3 is 2.69 bits per heavy atom. The van der Waals surface area contributed by atoms with Crippen molar-refractivity contribution in [3.05, 3.63) is 38.9 Å². The summed E-state index contributed by atoms with van der Waals surface area (Å²) in [5, 5.41) is 9.49. The standard InChI is InChI=1S/C17H16ClFIN3O3/c18-12-13-9(5-11(19)14(12)22-4-1-8(21)6-22)15(24)10(16(25)26)7-23(13)17(20)2-3-17/h5,7-8H,1-4,6,21H2,(H,25,26). The summed E-state index contributed by atoms with van der Waals surface area (Å²) in [6.45, 7) is 1.06. The number of nitrogens with zero attached hydrogens (tertiary/aromatic N) is 2. The number of alkyl halides is 1. The van der Waals surface area contributed by atoms with E-state index >= 15 is 0 Å². The van der Waals surface area contributed by atoms with E-state index in [1.54, 1.807) is 9.47 Å². The molecule has 0 amide bonds. The van der Waals surface area contributed by atoms with Gasteiger partial charge in [-0.05, 0) is 25.3 Å².